The summed E-state index contributed by atoms with van der Waals surface area (Å²) in [7, 11) is 0. The number of hydrogen-bond donors (Lipinski definition) is 1. The van der Waals surface area contributed by atoms with Crippen LogP contribution >= 0.6 is 27.3 Å². The molecule has 2 N–H and O–H groups in total. The Labute approximate surface area is 121 Å². The molecular weight excluding hydrogens is 310 g/mol. The third-order valence-corrected chi connectivity index (χ3v) is 5.72. The molecule has 1 aromatic heterocycles. The van der Waals surface area contributed by atoms with Crippen molar-refractivity contribution in [3.63, 3.8) is 0 Å². The quantitative estimate of drug-likeness (QED) is 0.919. The van der Waals surface area contributed by atoms with Crippen LogP contribution in [0, 0.1) is 0 Å². The average molecular weight is 330 g/mol. The third-order valence-electron chi connectivity index (χ3n) is 4.00. The number of rotatable bonds is 4. The second-order valence-corrected chi connectivity index (χ2v) is 7.69. The predicted molar refractivity (Wildman–Crippen MR) is 80.0 cm³/mol. The summed E-state index contributed by atoms with van der Waals surface area (Å²) in [4.78, 5) is 6.59. The molecule has 100 valence electrons. The van der Waals surface area contributed by atoms with Gasteiger partial charge in [0.15, 0.2) is 0 Å². The standard InChI is InChI=1S/C13H20BrN3S/c14-13-4-3-12(18-13)11(9-15)17-7-5-16(6-8-17)10-1-2-10/h3-4,10-11H,1-2,5-9,15H2. The Morgan fingerprint density at radius 3 is 2.50 bits per heavy atom. The SMILES string of the molecule is NCC(c1ccc(Br)s1)N1CCN(C2CC2)CC1. The van der Waals surface area contributed by atoms with E-state index in [1.807, 2.05) is 11.3 Å². The van der Waals surface area contributed by atoms with E-state index in [0.717, 1.165) is 25.7 Å². The van der Waals surface area contributed by atoms with E-state index in [4.69, 9.17) is 5.73 Å². The summed E-state index contributed by atoms with van der Waals surface area (Å²) < 4.78 is 1.20. The van der Waals surface area contributed by atoms with E-state index in [1.54, 1.807) is 0 Å². The molecule has 0 spiro atoms. The van der Waals surface area contributed by atoms with Gasteiger partial charge in [-0.05, 0) is 40.9 Å². The van der Waals surface area contributed by atoms with E-state index < -0.39 is 0 Å². The largest absolute Gasteiger partial charge is 0.329 e. The molecule has 3 nitrogen and oxygen atoms in total. The molecule has 0 amide bonds. The first-order valence-corrected chi connectivity index (χ1v) is 8.32. The van der Waals surface area contributed by atoms with Gasteiger partial charge >= 0.3 is 0 Å². The van der Waals surface area contributed by atoms with Crippen LogP contribution in [-0.2, 0) is 0 Å². The van der Waals surface area contributed by atoms with Gasteiger partial charge in [0.05, 0.1) is 9.83 Å². The fraction of sp³-hybridized carbons (Fsp3) is 0.692. The molecule has 1 saturated carbocycles. The summed E-state index contributed by atoms with van der Waals surface area (Å²) in [5, 5.41) is 0. The van der Waals surface area contributed by atoms with Crippen molar-refractivity contribution in [3.8, 4) is 0 Å². The van der Waals surface area contributed by atoms with Gasteiger partial charge in [-0.3, -0.25) is 9.80 Å². The van der Waals surface area contributed by atoms with E-state index in [1.165, 1.54) is 34.6 Å². The second-order valence-electron chi connectivity index (χ2n) is 5.20. The molecule has 1 unspecified atom stereocenters. The van der Waals surface area contributed by atoms with Gasteiger partial charge in [-0.1, -0.05) is 0 Å². The van der Waals surface area contributed by atoms with Crippen molar-refractivity contribution in [1.29, 1.82) is 0 Å². The molecule has 18 heavy (non-hydrogen) atoms. The minimum atomic E-state index is 0.405. The lowest BCUT2D eigenvalue weighted by Gasteiger charge is -2.38. The summed E-state index contributed by atoms with van der Waals surface area (Å²) in [6.45, 7) is 5.47. The van der Waals surface area contributed by atoms with Crippen molar-refractivity contribution >= 4 is 27.3 Å². The Morgan fingerprint density at radius 1 is 1.28 bits per heavy atom. The molecule has 1 aliphatic heterocycles. The number of halogens is 1. The number of nitrogens with two attached hydrogens (primary N) is 1. The second kappa shape index (κ2) is 5.59. The molecule has 1 aliphatic carbocycles. The minimum Gasteiger partial charge on any atom is -0.329 e. The van der Waals surface area contributed by atoms with Crippen LogP contribution < -0.4 is 5.73 Å². The molecule has 2 heterocycles. The smallest absolute Gasteiger partial charge is 0.0702 e. The monoisotopic (exact) mass is 329 g/mol. The van der Waals surface area contributed by atoms with E-state index in [-0.39, 0.29) is 0 Å². The van der Waals surface area contributed by atoms with Gasteiger partial charge in [0, 0.05) is 43.6 Å². The van der Waals surface area contributed by atoms with Crippen molar-refractivity contribution in [2.45, 2.75) is 24.9 Å². The van der Waals surface area contributed by atoms with Gasteiger partial charge < -0.3 is 5.73 Å². The predicted octanol–water partition coefficient (Wildman–Crippen LogP) is 2.29. The van der Waals surface area contributed by atoms with E-state index in [2.05, 4.69) is 37.9 Å². The topological polar surface area (TPSA) is 32.5 Å². The molecule has 0 aromatic carbocycles. The van der Waals surface area contributed by atoms with Crippen LogP contribution in [0.2, 0.25) is 0 Å². The van der Waals surface area contributed by atoms with Crippen LogP contribution in [-0.4, -0.2) is 48.6 Å². The van der Waals surface area contributed by atoms with Gasteiger partial charge in [-0.15, -0.1) is 11.3 Å². The Bertz CT molecular complexity index is 397. The number of piperazine rings is 1. The molecule has 2 aliphatic rings. The first-order valence-electron chi connectivity index (χ1n) is 6.71. The normalized spacial score (nSPS) is 24.3. The zero-order valence-electron chi connectivity index (χ0n) is 10.5. The number of hydrogen-bond acceptors (Lipinski definition) is 4. The fourth-order valence-electron chi connectivity index (χ4n) is 2.81. The van der Waals surface area contributed by atoms with Crippen molar-refractivity contribution in [1.82, 2.24) is 9.80 Å². The van der Waals surface area contributed by atoms with Crippen molar-refractivity contribution in [2.24, 2.45) is 5.73 Å². The zero-order chi connectivity index (χ0) is 12.5. The van der Waals surface area contributed by atoms with Crippen LogP contribution in [0.3, 0.4) is 0 Å². The third kappa shape index (κ3) is 2.80. The highest BCUT2D eigenvalue weighted by atomic mass is 79.9. The summed E-state index contributed by atoms with van der Waals surface area (Å²) in [5.74, 6) is 0. The number of nitrogens with zero attached hydrogens (tertiary/aromatic N) is 2. The Balaban J connectivity index is 1.62. The molecule has 1 aromatic rings. The zero-order valence-corrected chi connectivity index (χ0v) is 12.9. The molecule has 0 bridgehead atoms. The van der Waals surface area contributed by atoms with E-state index >= 15 is 0 Å². The fourth-order valence-corrected chi connectivity index (χ4v) is 4.38. The van der Waals surface area contributed by atoms with Gasteiger partial charge in [0.1, 0.15) is 0 Å². The number of thiophene rings is 1. The summed E-state index contributed by atoms with van der Waals surface area (Å²) in [6.07, 6.45) is 2.83. The van der Waals surface area contributed by atoms with Crippen LogP contribution in [0.5, 0.6) is 0 Å². The van der Waals surface area contributed by atoms with Gasteiger partial charge in [-0.2, -0.15) is 0 Å². The summed E-state index contributed by atoms with van der Waals surface area (Å²) in [6, 6.07) is 5.64. The lowest BCUT2D eigenvalue weighted by atomic mass is 10.1. The highest BCUT2D eigenvalue weighted by molar-refractivity contribution is 9.11. The highest BCUT2D eigenvalue weighted by Crippen LogP contribution is 2.32. The lowest BCUT2D eigenvalue weighted by Crippen LogP contribution is -2.49. The minimum absolute atomic E-state index is 0.405. The van der Waals surface area contributed by atoms with Crippen LogP contribution in [0.1, 0.15) is 23.8 Å². The Hall–Kier alpha value is 0.0600. The summed E-state index contributed by atoms with van der Waals surface area (Å²) >= 11 is 5.36. The molecule has 3 rings (SSSR count). The molecule has 1 atom stereocenters. The Morgan fingerprint density at radius 2 is 2.00 bits per heavy atom. The lowest BCUT2D eigenvalue weighted by molar-refractivity contribution is 0.0950. The van der Waals surface area contributed by atoms with Crippen molar-refractivity contribution in [2.75, 3.05) is 32.7 Å². The van der Waals surface area contributed by atoms with Crippen LogP contribution in [0.25, 0.3) is 0 Å². The van der Waals surface area contributed by atoms with Crippen molar-refractivity contribution in [3.05, 3.63) is 20.8 Å². The molecule has 2 fully saturated rings. The molecule has 0 radical (unpaired) electrons. The maximum Gasteiger partial charge on any atom is 0.0702 e. The van der Waals surface area contributed by atoms with E-state index in [0.29, 0.717) is 6.04 Å². The first-order chi connectivity index (χ1) is 8.78. The average Bonchev–Trinajstić information content (AvgIpc) is 3.15. The highest BCUT2D eigenvalue weighted by Gasteiger charge is 2.33. The van der Waals surface area contributed by atoms with Gasteiger partial charge in [0.25, 0.3) is 0 Å². The van der Waals surface area contributed by atoms with Crippen molar-refractivity contribution < 1.29 is 0 Å². The van der Waals surface area contributed by atoms with Crippen LogP contribution in [0.4, 0.5) is 0 Å². The van der Waals surface area contributed by atoms with Gasteiger partial charge in [0.2, 0.25) is 0 Å². The first kappa shape index (κ1) is 13.1. The maximum absolute atomic E-state index is 5.99. The maximum atomic E-state index is 5.99. The Kier molecular flexibility index (Phi) is 4.06. The molecular formula is C13H20BrN3S. The molecule has 1 saturated heterocycles. The molecule has 5 heteroatoms. The van der Waals surface area contributed by atoms with Gasteiger partial charge in [-0.25, -0.2) is 0 Å². The van der Waals surface area contributed by atoms with E-state index in [9.17, 15) is 0 Å². The van der Waals surface area contributed by atoms with Crippen LogP contribution in [0.15, 0.2) is 15.9 Å². The summed E-state index contributed by atoms with van der Waals surface area (Å²) in [5.41, 5.74) is 5.99.